The number of primary sulfonamides is 1. The fourth-order valence-electron chi connectivity index (χ4n) is 2.03. The Labute approximate surface area is 158 Å². The summed E-state index contributed by atoms with van der Waals surface area (Å²) in [5, 5.41) is 21.0. The van der Waals surface area contributed by atoms with E-state index in [1.807, 2.05) is 25.8 Å². The second-order valence-electron chi connectivity index (χ2n) is 6.66. The highest BCUT2D eigenvalue weighted by Gasteiger charge is 2.21. The normalized spacial score (nSPS) is 15.3. The second-order valence-corrected chi connectivity index (χ2v) is 8.22. The number of nitro groups is 1. The van der Waals surface area contributed by atoms with E-state index < -0.39 is 14.9 Å². The maximum absolute atomic E-state index is 11.2. The van der Waals surface area contributed by atoms with Gasteiger partial charge in [0.15, 0.2) is 0 Å². The largest absolute Gasteiger partial charge is 0.462 e. The standard InChI is InChI=1S/C10H15N5O4S.C5H10O2/c11-20(18,19)8-1-2-9(10(7-8)15(16)17)13-14-5-3-12-4-6-14;1-5(2,3)7-4-6/h1-2,7,12-13H,3-6H2,(H2,11,18,19);4H,1-3H3. The van der Waals surface area contributed by atoms with E-state index in [2.05, 4.69) is 15.5 Å². The first-order valence-electron chi connectivity index (χ1n) is 8.09. The molecule has 0 radical (unpaired) electrons. The van der Waals surface area contributed by atoms with Crippen molar-refractivity contribution in [3.05, 3.63) is 28.3 Å². The number of nitrogens with zero attached hydrogens (tertiary/aromatic N) is 2. The van der Waals surface area contributed by atoms with Gasteiger partial charge in [-0.15, -0.1) is 0 Å². The lowest BCUT2D eigenvalue weighted by atomic mass is 10.2. The Balaban J connectivity index is 0.000000445. The Morgan fingerprint density at radius 3 is 2.33 bits per heavy atom. The SMILES string of the molecule is CC(C)(C)OC=O.NS(=O)(=O)c1ccc(NN2CCNCC2)c([N+](=O)[O-])c1. The van der Waals surface area contributed by atoms with Crippen LogP contribution < -0.4 is 15.9 Å². The van der Waals surface area contributed by atoms with E-state index in [4.69, 9.17) is 5.14 Å². The first-order valence-corrected chi connectivity index (χ1v) is 9.63. The summed E-state index contributed by atoms with van der Waals surface area (Å²) in [7, 11) is -3.96. The van der Waals surface area contributed by atoms with E-state index in [0.29, 0.717) is 19.6 Å². The summed E-state index contributed by atoms with van der Waals surface area (Å²) in [6.45, 7) is 8.85. The van der Waals surface area contributed by atoms with Crippen LogP contribution in [0.1, 0.15) is 20.8 Å². The Hall–Kier alpha value is -2.28. The van der Waals surface area contributed by atoms with E-state index in [1.165, 1.54) is 12.1 Å². The molecule has 0 spiro atoms. The monoisotopic (exact) mass is 403 g/mol. The van der Waals surface area contributed by atoms with Crippen molar-refractivity contribution in [2.45, 2.75) is 31.3 Å². The molecule has 1 fully saturated rings. The maximum Gasteiger partial charge on any atom is 0.295 e. The number of hydrogen-bond donors (Lipinski definition) is 3. The molecule has 0 saturated carbocycles. The maximum atomic E-state index is 11.2. The molecule has 11 nitrogen and oxygen atoms in total. The third kappa shape index (κ3) is 8.30. The fourth-order valence-corrected chi connectivity index (χ4v) is 2.56. The second kappa shape index (κ2) is 9.60. The number of hydrogen-bond acceptors (Lipinski definition) is 9. The van der Waals surface area contributed by atoms with Crippen LogP contribution in [0.2, 0.25) is 0 Å². The molecule has 1 aromatic rings. The van der Waals surface area contributed by atoms with E-state index in [9.17, 15) is 23.3 Å². The van der Waals surface area contributed by atoms with Crippen LogP contribution in [0.5, 0.6) is 0 Å². The van der Waals surface area contributed by atoms with Crippen molar-refractivity contribution in [3.63, 3.8) is 0 Å². The van der Waals surface area contributed by atoms with Gasteiger partial charge in [0.05, 0.1) is 9.82 Å². The van der Waals surface area contributed by atoms with Crippen molar-refractivity contribution >= 4 is 27.9 Å². The van der Waals surface area contributed by atoms with Gasteiger partial charge in [0.2, 0.25) is 10.0 Å². The third-order valence-electron chi connectivity index (χ3n) is 3.29. The van der Waals surface area contributed by atoms with Crippen LogP contribution in [0.15, 0.2) is 23.1 Å². The van der Waals surface area contributed by atoms with E-state index >= 15 is 0 Å². The van der Waals surface area contributed by atoms with E-state index in [1.54, 1.807) is 0 Å². The zero-order valence-electron chi connectivity index (χ0n) is 15.5. The molecule has 1 aliphatic rings. The van der Waals surface area contributed by atoms with Crippen molar-refractivity contribution in [1.29, 1.82) is 0 Å². The van der Waals surface area contributed by atoms with Gasteiger partial charge in [0, 0.05) is 32.2 Å². The number of benzene rings is 1. The summed E-state index contributed by atoms with van der Waals surface area (Å²) in [4.78, 5) is 19.7. The molecule has 0 aromatic heterocycles. The number of carbonyl (C=O) groups excluding carboxylic acids is 1. The summed E-state index contributed by atoms with van der Waals surface area (Å²) in [6.07, 6.45) is 0. The number of rotatable bonds is 5. The third-order valence-corrected chi connectivity index (χ3v) is 4.20. The summed E-state index contributed by atoms with van der Waals surface area (Å²) in [5.41, 5.74) is 2.52. The molecule has 0 aliphatic carbocycles. The van der Waals surface area contributed by atoms with Gasteiger partial charge in [-0.25, -0.2) is 18.6 Å². The quantitative estimate of drug-likeness (QED) is 0.360. The highest BCUT2D eigenvalue weighted by atomic mass is 32.2. The minimum atomic E-state index is -3.96. The number of anilines is 1. The summed E-state index contributed by atoms with van der Waals surface area (Å²) in [5.74, 6) is 0. The lowest BCUT2D eigenvalue weighted by Crippen LogP contribution is -2.46. The van der Waals surface area contributed by atoms with Crippen molar-refractivity contribution in [2.75, 3.05) is 31.6 Å². The van der Waals surface area contributed by atoms with Crippen LogP contribution in [0, 0.1) is 10.1 Å². The molecule has 152 valence electrons. The van der Waals surface area contributed by atoms with Gasteiger partial charge in [-0.05, 0) is 32.9 Å². The molecule has 0 bridgehead atoms. The summed E-state index contributed by atoms with van der Waals surface area (Å²) >= 11 is 0. The predicted octanol–water partition coefficient (Wildman–Crippen LogP) is 0.432. The molecule has 1 aliphatic heterocycles. The van der Waals surface area contributed by atoms with Crippen LogP contribution in [-0.4, -0.2) is 56.6 Å². The van der Waals surface area contributed by atoms with Gasteiger partial charge in [0.1, 0.15) is 11.3 Å². The van der Waals surface area contributed by atoms with Crippen LogP contribution in [-0.2, 0) is 19.6 Å². The number of piperazine rings is 1. The van der Waals surface area contributed by atoms with E-state index in [-0.39, 0.29) is 21.9 Å². The molecule has 1 aromatic carbocycles. The van der Waals surface area contributed by atoms with Crippen LogP contribution in [0.3, 0.4) is 0 Å². The smallest absolute Gasteiger partial charge is 0.295 e. The molecule has 2 rings (SSSR count). The van der Waals surface area contributed by atoms with Gasteiger partial charge in [0.25, 0.3) is 12.2 Å². The average molecular weight is 403 g/mol. The van der Waals surface area contributed by atoms with Crippen molar-refractivity contribution in [3.8, 4) is 0 Å². The first kappa shape index (κ1) is 22.8. The molecular formula is C15H25N5O6S. The minimum Gasteiger partial charge on any atom is -0.462 e. The molecular weight excluding hydrogens is 378 g/mol. The molecule has 0 amide bonds. The lowest BCUT2D eigenvalue weighted by Gasteiger charge is -2.28. The van der Waals surface area contributed by atoms with Crippen LogP contribution in [0.4, 0.5) is 11.4 Å². The minimum absolute atomic E-state index is 0.240. The molecule has 1 heterocycles. The van der Waals surface area contributed by atoms with Gasteiger partial charge in [-0.3, -0.25) is 14.9 Å². The number of hydrazine groups is 1. The Morgan fingerprint density at radius 2 is 1.93 bits per heavy atom. The fraction of sp³-hybridized carbons (Fsp3) is 0.533. The number of nitrogens with two attached hydrogens (primary N) is 1. The van der Waals surface area contributed by atoms with E-state index in [0.717, 1.165) is 19.2 Å². The zero-order chi connectivity index (χ0) is 20.7. The van der Waals surface area contributed by atoms with Gasteiger partial charge < -0.3 is 15.5 Å². The molecule has 0 unspecified atom stereocenters. The number of ether oxygens (including phenoxy) is 1. The molecule has 12 heteroatoms. The molecule has 27 heavy (non-hydrogen) atoms. The van der Waals surface area contributed by atoms with Crippen molar-refractivity contribution in [1.82, 2.24) is 10.3 Å². The van der Waals surface area contributed by atoms with Crippen LogP contribution in [0.25, 0.3) is 0 Å². The Bertz CT molecular complexity index is 756. The molecule has 0 atom stereocenters. The van der Waals surface area contributed by atoms with Gasteiger partial charge in [-0.1, -0.05) is 0 Å². The highest BCUT2D eigenvalue weighted by molar-refractivity contribution is 7.89. The van der Waals surface area contributed by atoms with Gasteiger partial charge >= 0.3 is 0 Å². The summed E-state index contributed by atoms with van der Waals surface area (Å²) < 4.78 is 27.0. The Morgan fingerprint density at radius 1 is 1.33 bits per heavy atom. The number of nitrogens with one attached hydrogen (secondary N) is 2. The topological polar surface area (TPSA) is 157 Å². The number of carbonyl (C=O) groups is 1. The van der Waals surface area contributed by atoms with Crippen LogP contribution >= 0.6 is 0 Å². The Kier molecular flexibility index (Phi) is 8.09. The zero-order valence-corrected chi connectivity index (χ0v) is 16.3. The van der Waals surface area contributed by atoms with Crippen molar-refractivity contribution in [2.24, 2.45) is 5.14 Å². The average Bonchev–Trinajstić information content (AvgIpc) is 2.54. The van der Waals surface area contributed by atoms with Gasteiger partial charge in [-0.2, -0.15) is 0 Å². The number of nitro benzene ring substituents is 1. The lowest BCUT2D eigenvalue weighted by molar-refractivity contribution is -0.384. The first-order chi connectivity index (χ1) is 12.4. The predicted molar refractivity (Wildman–Crippen MR) is 99.4 cm³/mol. The van der Waals surface area contributed by atoms with Crippen molar-refractivity contribution < 1.29 is 22.9 Å². The summed E-state index contributed by atoms with van der Waals surface area (Å²) in [6, 6.07) is 3.55. The molecule has 1 saturated heterocycles. The molecule has 4 N–H and O–H groups in total. The highest BCUT2D eigenvalue weighted by Crippen LogP contribution is 2.27. The number of sulfonamides is 1.